The summed E-state index contributed by atoms with van der Waals surface area (Å²) < 4.78 is 29.2. The average molecular weight is 371 g/mol. The Labute approximate surface area is 158 Å². The molecule has 0 saturated carbocycles. The molecule has 0 aliphatic carbocycles. The number of nitrogens with zero attached hydrogens (tertiary/aromatic N) is 1. The summed E-state index contributed by atoms with van der Waals surface area (Å²) in [4.78, 5) is 14.6. The van der Waals surface area contributed by atoms with E-state index in [1.54, 1.807) is 36.3 Å². The smallest absolute Gasteiger partial charge is 0.254 e. The SMILES string of the molecule is C=Cc1c(OC)cc2c(c1OCOC)CN(CCc1ccc(F)cc1)C2=O. The van der Waals surface area contributed by atoms with Crippen molar-refractivity contribution in [2.24, 2.45) is 0 Å². The van der Waals surface area contributed by atoms with Gasteiger partial charge in [0.25, 0.3) is 5.91 Å². The van der Waals surface area contributed by atoms with Crippen molar-refractivity contribution in [1.29, 1.82) is 0 Å². The molecular weight excluding hydrogens is 349 g/mol. The van der Waals surface area contributed by atoms with E-state index in [1.807, 2.05) is 0 Å². The van der Waals surface area contributed by atoms with Crippen LogP contribution in [0, 0.1) is 5.82 Å². The van der Waals surface area contributed by atoms with Gasteiger partial charge in [-0.05, 0) is 30.2 Å². The van der Waals surface area contributed by atoms with E-state index < -0.39 is 0 Å². The lowest BCUT2D eigenvalue weighted by Gasteiger charge is -2.16. The van der Waals surface area contributed by atoms with E-state index in [4.69, 9.17) is 14.2 Å². The summed E-state index contributed by atoms with van der Waals surface area (Å²) >= 11 is 0. The third kappa shape index (κ3) is 3.80. The van der Waals surface area contributed by atoms with E-state index in [-0.39, 0.29) is 18.5 Å². The van der Waals surface area contributed by atoms with Crippen LogP contribution in [0.5, 0.6) is 11.5 Å². The van der Waals surface area contributed by atoms with Crippen LogP contribution in [0.2, 0.25) is 0 Å². The minimum Gasteiger partial charge on any atom is -0.496 e. The number of methoxy groups -OCH3 is 2. The molecule has 1 amide bonds. The lowest BCUT2D eigenvalue weighted by Crippen LogP contribution is -2.26. The van der Waals surface area contributed by atoms with Crippen LogP contribution in [-0.4, -0.2) is 38.4 Å². The number of halogens is 1. The molecule has 1 aliphatic heterocycles. The van der Waals surface area contributed by atoms with Gasteiger partial charge in [0, 0.05) is 19.2 Å². The quantitative estimate of drug-likeness (QED) is 0.665. The number of fused-ring (bicyclic) bond motifs is 1. The maximum absolute atomic E-state index is 13.0. The molecule has 5 nitrogen and oxygen atoms in total. The Bertz CT molecular complexity index is 848. The van der Waals surface area contributed by atoms with Gasteiger partial charge in [-0.1, -0.05) is 24.8 Å². The Morgan fingerprint density at radius 1 is 1.26 bits per heavy atom. The first kappa shape index (κ1) is 18.9. The lowest BCUT2D eigenvalue weighted by molar-refractivity contribution is 0.0499. The van der Waals surface area contributed by atoms with E-state index in [0.717, 1.165) is 11.1 Å². The Hall–Kier alpha value is -2.86. The normalized spacial score (nSPS) is 12.9. The molecule has 0 atom stereocenters. The molecule has 0 saturated heterocycles. The summed E-state index contributed by atoms with van der Waals surface area (Å²) in [7, 11) is 3.08. The van der Waals surface area contributed by atoms with Gasteiger partial charge in [-0.3, -0.25) is 4.79 Å². The second-order valence-electron chi connectivity index (χ2n) is 6.21. The van der Waals surface area contributed by atoms with E-state index in [9.17, 15) is 9.18 Å². The fourth-order valence-electron chi connectivity index (χ4n) is 3.21. The standard InChI is InChI=1S/C21H22FNO4/c1-4-16-19(26-3)11-17-18(20(16)27-13-25-2)12-23(21(17)24)10-9-14-5-7-15(22)8-6-14/h4-8,11H,1,9-10,12-13H2,2-3H3. The van der Waals surface area contributed by atoms with E-state index in [2.05, 4.69) is 6.58 Å². The zero-order chi connectivity index (χ0) is 19.4. The number of hydrogen-bond acceptors (Lipinski definition) is 4. The van der Waals surface area contributed by atoms with Crippen LogP contribution in [0.4, 0.5) is 4.39 Å². The molecule has 27 heavy (non-hydrogen) atoms. The highest BCUT2D eigenvalue weighted by Gasteiger charge is 2.32. The topological polar surface area (TPSA) is 48.0 Å². The van der Waals surface area contributed by atoms with Crippen molar-refractivity contribution >= 4 is 12.0 Å². The van der Waals surface area contributed by atoms with Crippen molar-refractivity contribution in [3.63, 3.8) is 0 Å². The van der Waals surface area contributed by atoms with E-state index >= 15 is 0 Å². The van der Waals surface area contributed by atoms with Crippen molar-refractivity contribution in [3.8, 4) is 11.5 Å². The zero-order valence-electron chi connectivity index (χ0n) is 15.5. The molecule has 1 aliphatic rings. The zero-order valence-corrected chi connectivity index (χ0v) is 15.5. The highest BCUT2D eigenvalue weighted by Crippen LogP contribution is 2.40. The second kappa shape index (κ2) is 8.22. The van der Waals surface area contributed by atoms with Crippen LogP contribution in [0.3, 0.4) is 0 Å². The largest absolute Gasteiger partial charge is 0.496 e. The van der Waals surface area contributed by atoms with Crippen LogP contribution in [0.15, 0.2) is 36.9 Å². The molecule has 0 N–H and O–H groups in total. The van der Waals surface area contributed by atoms with Crippen molar-refractivity contribution in [1.82, 2.24) is 4.90 Å². The minimum atomic E-state index is -0.271. The Kier molecular flexibility index (Phi) is 5.76. The number of hydrogen-bond donors (Lipinski definition) is 0. The van der Waals surface area contributed by atoms with E-state index in [1.165, 1.54) is 19.2 Å². The van der Waals surface area contributed by atoms with Crippen LogP contribution < -0.4 is 9.47 Å². The summed E-state index contributed by atoms with van der Waals surface area (Å²) in [5.41, 5.74) is 3.02. The van der Waals surface area contributed by atoms with Crippen molar-refractivity contribution in [3.05, 3.63) is 65.0 Å². The van der Waals surface area contributed by atoms with Gasteiger partial charge < -0.3 is 19.1 Å². The second-order valence-corrected chi connectivity index (χ2v) is 6.21. The summed E-state index contributed by atoms with van der Waals surface area (Å²) in [6.45, 7) is 4.84. The highest BCUT2D eigenvalue weighted by atomic mass is 19.1. The number of benzene rings is 2. The molecule has 0 radical (unpaired) electrons. The Morgan fingerprint density at radius 2 is 2.00 bits per heavy atom. The van der Waals surface area contributed by atoms with Gasteiger partial charge in [0.15, 0.2) is 6.79 Å². The van der Waals surface area contributed by atoms with Crippen molar-refractivity contribution in [2.75, 3.05) is 27.6 Å². The first-order chi connectivity index (χ1) is 13.1. The predicted molar refractivity (Wildman–Crippen MR) is 100 cm³/mol. The van der Waals surface area contributed by atoms with Gasteiger partial charge in [0.1, 0.15) is 17.3 Å². The molecule has 142 valence electrons. The number of ether oxygens (including phenoxy) is 3. The number of amides is 1. The van der Waals surface area contributed by atoms with E-state index in [0.29, 0.717) is 42.1 Å². The van der Waals surface area contributed by atoms with Crippen LogP contribution >= 0.6 is 0 Å². The molecule has 0 bridgehead atoms. The molecule has 3 rings (SSSR count). The Morgan fingerprint density at radius 3 is 2.63 bits per heavy atom. The van der Waals surface area contributed by atoms with Crippen molar-refractivity contribution in [2.45, 2.75) is 13.0 Å². The molecule has 0 unspecified atom stereocenters. The molecule has 0 fully saturated rings. The molecule has 2 aromatic carbocycles. The molecular formula is C21H22FNO4. The van der Waals surface area contributed by atoms with Gasteiger partial charge in [0.2, 0.25) is 0 Å². The summed E-state index contributed by atoms with van der Waals surface area (Å²) in [6, 6.07) is 8.04. The van der Waals surface area contributed by atoms with Gasteiger partial charge >= 0.3 is 0 Å². The lowest BCUT2D eigenvalue weighted by atomic mass is 10.0. The third-order valence-corrected chi connectivity index (χ3v) is 4.58. The maximum atomic E-state index is 13.0. The van der Waals surface area contributed by atoms with Crippen LogP contribution in [0.1, 0.15) is 27.0 Å². The maximum Gasteiger partial charge on any atom is 0.254 e. The van der Waals surface area contributed by atoms with Gasteiger partial charge in [-0.15, -0.1) is 0 Å². The molecule has 1 heterocycles. The molecule has 2 aromatic rings. The van der Waals surface area contributed by atoms with Crippen LogP contribution in [0.25, 0.3) is 6.08 Å². The Balaban J connectivity index is 1.86. The predicted octanol–water partition coefficient (Wildman–Crippen LogP) is 3.66. The number of rotatable bonds is 8. The summed E-state index contributed by atoms with van der Waals surface area (Å²) in [5, 5.41) is 0. The fraction of sp³-hybridized carbons (Fsp3) is 0.286. The monoisotopic (exact) mass is 371 g/mol. The average Bonchev–Trinajstić information content (AvgIpc) is 3.00. The van der Waals surface area contributed by atoms with Gasteiger partial charge in [0.05, 0.1) is 24.8 Å². The molecule has 0 spiro atoms. The molecule has 0 aromatic heterocycles. The summed E-state index contributed by atoms with van der Waals surface area (Å²) in [5.74, 6) is 0.734. The van der Waals surface area contributed by atoms with Crippen molar-refractivity contribution < 1.29 is 23.4 Å². The minimum absolute atomic E-state index is 0.0597. The van der Waals surface area contributed by atoms with Crippen LogP contribution in [-0.2, 0) is 17.7 Å². The first-order valence-corrected chi connectivity index (χ1v) is 8.60. The van der Waals surface area contributed by atoms with Gasteiger partial charge in [-0.2, -0.15) is 0 Å². The number of carbonyl (C=O) groups excluding carboxylic acids is 1. The summed E-state index contributed by atoms with van der Waals surface area (Å²) in [6.07, 6.45) is 2.29. The highest BCUT2D eigenvalue weighted by molar-refractivity contribution is 6.00. The number of carbonyl (C=O) groups is 1. The molecule has 6 heteroatoms. The van der Waals surface area contributed by atoms with Gasteiger partial charge in [-0.25, -0.2) is 4.39 Å². The first-order valence-electron chi connectivity index (χ1n) is 8.60. The third-order valence-electron chi connectivity index (χ3n) is 4.58. The fourth-order valence-corrected chi connectivity index (χ4v) is 3.21.